The van der Waals surface area contributed by atoms with Gasteiger partial charge in [0.25, 0.3) is 0 Å². The Hall–Kier alpha value is -4.18. The molecule has 0 aliphatic rings. The zero-order valence-electron chi connectivity index (χ0n) is 18.7. The first-order valence-corrected chi connectivity index (χ1v) is 11.3. The fourth-order valence-corrected chi connectivity index (χ4v) is 4.09. The van der Waals surface area contributed by atoms with Crippen LogP contribution < -0.4 is 0 Å². The second-order valence-corrected chi connectivity index (χ2v) is 8.07. The Labute approximate surface area is 199 Å². The van der Waals surface area contributed by atoms with E-state index in [2.05, 4.69) is 0 Å². The summed E-state index contributed by atoms with van der Waals surface area (Å²) in [6.45, 7) is 0. The molecular weight excluding hydrogens is 424 g/mol. The number of carbonyl (C=O) groups excluding carboxylic acids is 2. The number of benzene rings is 4. The van der Waals surface area contributed by atoms with Gasteiger partial charge in [-0.1, -0.05) is 121 Å². The molecule has 0 atom stereocenters. The molecule has 0 heterocycles. The van der Waals surface area contributed by atoms with Crippen LogP contribution in [-0.2, 0) is 19.4 Å². The molecule has 0 aromatic heterocycles. The quantitative estimate of drug-likeness (QED) is 0.229. The van der Waals surface area contributed by atoms with Gasteiger partial charge in [0.2, 0.25) is 0 Å². The smallest absolute Gasteiger partial charge is 0.247 e. The summed E-state index contributed by atoms with van der Waals surface area (Å²) in [5, 5.41) is 0. The second-order valence-electron chi connectivity index (χ2n) is 8.07. The van der Waals surface area contributed by atoms with Gasteiger partial charge < -0.3 is 0 Å². The number of carbonyl (C=O) groups is 2. The van der Waals surface area contributed by atoms with Crippen LogP contribution in [0.1, 0.15) is 46.9 Å². The first-order valence-electron chi connectivity index (χ1n) is 11.3. The van der Waals surface area contributed by atoms with E-state index >= 15 is 0 Å². The molecule has 34 heavy (non-hydrogen) atoms. The van der Waals surface area contributed by atoms with E-state index in [9.17, 15) is 9.59 Å². The van der Waals surface area contributed by atoms with Crippen LogP contribution in [0.2, 0.25) is 0 Å². The van der Waals surface area contributed by atoms with Crippen molar-refractivity contribution in [2.24, 2.45) is 0 Å². The largest absolute Gasteiger partial charge is 0.356 e. The van der Waals surface area contributed by atoms with Crippen LogP contribution in [0.4, 0.5) is 0 Å². The van der Waals surface area contributed by atoms with Crippen molar-refractivity contribution >= 4 is 11.9 Å². The molecule has 0 bridgehead atoms. The lowest BCUT2D eigenvalue weighted by Gasteiger charge is -2.18. The highest BCUT2D eigenvalue weighted by Gasteiger charge is 2.23. The normalized spacial score (nSPS) is 10.8. The fourth-order valence-electron chi connectivity index (χ4n) is 4.09. The van der Waals surface area contributed by atoms with E-state index in [1.54, 1.807) is 0 Å². The zero-order valence-corrected chi connectivity index (χ0v) is 18.7. The zero-order chi connectivity index (χ0) is 23.6. The van der Waals surface area contributed by atoms with Crippen LogP contribution in [0.3, 0.4) is 0 Å². The SMILES string of the molecule is O=C(CC(c1ccccc1)c1ccccc1)OOC(=O)CC(c1ccccc1)c1ccccc1. The van der Waals surface area contributed by atoms with Crippen LogP contribution in [-0.4, -0.2) is 11.9 Å². The molecule has 4 aromatic rings. The second kappa shape index (κ2) is 11.6. The molecule has 0 fully saturated rings. The Kier molecular flexibility index (Phi) is 7.86. The maximum Gasteiger partial charge on any atom is 0.356 e. The lowest BCUT2D eigenvalue weighted by atomic mass is 9.88. The summed E-state index contributed by atoms with van der Waals surface area (Å²) in [7, 11) is 0. The Morgan fingerprint density at radius 2 is 0.676 bits per heavy atom. The van der Waals surface area contributed by atoms with Gasteiger partial charge in [-0.2, -0.15) is 0 Å². The molecule has 4 heteroatoms. The van der Waals surface area contributed by atoms with Crippen molar-refractivity contribution in [2.75, 3.05) is 0 Å². The maximum atomic E-state index is 12.6. The molecule has 170 valence electrons. The van der Waals surface area contributed by atoms with E-state index < -0.39 is 11.9 Å². The summed E-state index contributed by atoms with van der Waals surface area (Å²) in [5.74, 6) is -1.59. The fraction of sp³-hybridized carbons (Fsp3) is 0.133. The van der Waals surface area contributed by atoms with Gasteiger partial charge >= 0.3 is 11.9 Å². The van der Waals surface area contributed by atoms with Crippen molar-refractivity contribution in [2.45, 2.75) is 24.7 Å². The molecule has 0 amide bonds. The number of hydrogen-bond acceptors (Lipinski definition) is 4. The molecule has 4 aromatic carbocycles. The first kappa shape index (κ1) is 23.0. The summed E-state index contributed by atoms with van der Waals surface area (Å²) < 4.78 is 0. The molecule has 0 aliphatic carbocycles. The van der Waals surface area contributed by atoms with Crippen molar-refractivity contribution in [3.8, 4) is 0 Å². The van der Waals surface area contributed by atoms with Crippen molar-refractivity contribution in [3.05, 3.63) is 144 Å². The monoisotopic (exact) mass is 450 g/mol. The highest BCUT2D eigenvalue weighted by molar-refractivity contribution is 5.75. The van der Waals surface area contributed by atoms with Crippen molar-refractivity contribution in [3.63, 3.8) is 0 Å². The van der Waals surface area contributed by atoms with Crippen molar-refractivity contribution in [1.29, 1.82) is 0 Å². The van der Waals surface area contributed by atoms with E-state index in [4.69, 9.17) is 9.78 Å². The van der Waals surface area contributed by atoms with Crippen LogP contribution >= 0.6 is 0 Å². The molecule has 0 spiro atoms. The van der Waals surface area contributed by atoms with Gasteiger partial charge in [0, 0.05) is 11.8 Å². The highest BCUT2D eigenvalue weighted by atomic mass is 17.2. The average Bonchev–Trinajstić information content (AvgIpc) is 2.91. The summed E-state index contributed by atoms with van der Waals surface area (Å²) in [6, 6.07) is 39.0. The average molecular weight is 451 g/mol. The predicted molar refractivity (Wildman–Crippen MR) is 131 cm³/mol. The van der Waals surface area contributed by atoms with E-state index in [-0.39, 0.29) is 24.7 Å². The number of hydrogen-bond donors (Lipinski definition) is 0. The summed E-state index contributed by atoms with van der Waals surface area (Å²) in [6.07, 6.45) is 0.115. The minimum absolute atomic E-state index is 0.0576. The summed E-state index contributed by atoms with van der Waals surface area (Å²) in [5.41, 5.74) is 3.96. The van der Waals surface area contributed by atoms with Crippen molar-refractivity contribution in [1.82, 2.24) is 0 Å². The first-order chi connectivity index (χ1) is 16.7. The lowest BCUT2D eigenvalue weighted by Crippen LogP contribution is -2.17. The molecule has 0 saturated heterocycles. The minimum Gasteiger partial charge on any atom is -0.247 e. The molecule has 0 N–H and O–H groups in total. The van der Waals surface area contributed by atoms with Crippen LogP contribution in [0.5, 0.6) is 0 Å². The molecular formula is C30H26O4. The summed E-state index contributed by atoms with van der Waals surface area (Å²) >= 11 is 0. The lowest BCUT2D eigenvalue weighted by molar-refractivity contribution is -0.259. The van der Waals surface area contributed by atoms with Gasteiger partial charge in [-0.05, 0) is 22.3 Å². The van der Waals surface area contributed by atoms with Crippen LogP contribution in [0.15, 0.2) is 121 Å². The van der Waals surface area contributed by atoms with Gasteiger partial charge in [0.05, 0.1) is 12.8 Å². The van der Waals surface area contributed by atoms with E-state index in [0.29, 0.717) is 0 Å². The topological polar surface area (TPSA) is 52.6 Å². The third kappa shape index (κ3) is 6.20. The molecule has 0 aliphatic heterocycles. The van der Waals surface area contributed by atoms with E-state index in [1.165, 1.54) is 0 Å². The molecule has 4 rings (SSSR count). The summed E-state index contributed by atoms with van der Waals surface area (Å²) in [4.78, 5) is 35.2. The molecule has 0 radical (unpaired) electrons. The standard InChI is InChI=1S/C30H26O4/c31-29(21-27(23-13-5-1-6-14-23)24-15-7-2-8-16-24)33-34-30(32)22-28(25-17-9-3-10-18-25)26-19-11-4-12-20-26/h1-20,27-28H,21-22H2. The van der Waals surface area contributed by atoms with Gasteiger partial charge in [-0.25, -0.2) is 19.4 Å². The Morgan fingerprint density at radius 3 is 0.912 bits per heavy atom. The van der Waals surface area contributed by atoms with Gasteiger partial charge in [-0.15, -0.1) is 0 Å². The predicted octanol–water partition coefficient (Wildman–Crippen LogP) is 6.43. The van der Waals surface area contributed by atoms with Crippen LogP contribution in [0.25, 0.3) is 0 Å². The molecule has 0 saturated carbocycles. The highest BCUT2D eigenvalue weighted by Crippen LogP contribution is 2.30. The third-order valence-electron chi connectivity index (χ3n) is 5.78. The number of rotatable bonds is 8. The molecule has 0 unspecified atom stereocenters. The van der Waals surface area contributed by atoms with Gasteiger partial charge in [0.1, 0.15) is 0 Å². The Balaban J connectivity index is 1.41. The maximum absolute atomic E-state index is 12.6. The van der Waals surface area contributed by atoms with Crippen molar-refractivity contribution < 1.29 is 19.4 Å². The van der Waals surface area contributed by atoms with E-state index in [1.807, 2.05) is 121 Å². The minimum atomic E-state index is -0.595. The molecule has 4 nitrogen and oxygen atoms in total. The van der Waals surface area contributed by atoms with Gasteiger partial charge in [-0.3, -0.25) is 0 Å². The Morgan fingerprint density at radius 1 is 0.441 bits per heavy atom. The van der Waals surface area contributed by atoms with E-state index in [0.717, 1.165) is 22.3 Å². The van der Waals surface area contributed by atoms with Crippen LogP contribution in [0, 0.1) is 0 Å². The third-order valence-corrected chi connectivity index (χ3v) is 5.78. The Bertz CT molecular complexity index is 1000. The van der Waals surface area contributed by atoms with Gasteiger partial charge in [0.15, 0.2) is 0 Å².